The second kappa shape index (κ2) is 10.7. The van der Waals surface area contributed by atoms with Crippen molar-refractivity contribution in [3.05, 3.63) is 89.5 Å². The monoisotopic (exact) mass is 577 g/mol. The minimum atomic E-state index is -0.947. The predicted octanol–water partition coefficient (Wildman–Crippen LogP) is 3.91. The number of hydrogen-bond acceptors (Lipinski definition) is 5. The number of likely N-dealkylation sites (tertiary alicyclic amines) is 1. The maximum absolute atomic E-state index is 14.5. The molecule has 6 atom stereocenters. The van der Waals surface area contributed by atoms with Crippen LogP contribution in [0.5, 0.6) is 0 Å². The van der Waals surface area contributed by atoms with Crippen LogP contribution in [0, 0.1) is 11.8 Å². The maximum Gasteiger partial charge on any atom is 0.251 e. The van der Waals surface area contributed by atoms with E-state index < -0.39 is 28.7 Å². The number of aliphatic hydroxyl groups is 1. The average molecular weight is 578 g/mol. The molecule has 4 aliphatic heterocycles. The molecule has 1 N–H and O–H groups in total. The zero-order valence-corrected chi connectivity index (χ0v) is 23.8. The predicted molar refractivity (Wildman–Crippen MR) is 157 cm³/mol. The summed E-state index contributed by atoms with van der Waals surface area (Å²) >= 11 is 8.07. The van der Waals surface area contributed by atoms with E-state index >= 15 is 0 Å². The number of aliphatic hydroxyl groups excluding tert-OH is 1. The number of anilines is 1. The van der Waals surface area contributed by atoms with Crippen LogP contribution in [-0.2, 0) is 20.9 Å². The van der Waals surface area contributed by atoms with E-state index in [-0.39, 0.29) is 29.6 Å². The number of carbonyl (C=O) groups excluding carboxylic acids is 3. The Bertz CT molecular complexity index is 1380. The van der Waals surface area contributed by atoms with Gasteiger partial charge in [-0.3, -0.25) is 14.4 Å². The Morgan fingerprint density at radius 3 is 2.48 bits per heavy atom. The molecule has 40 heavy (non-hydrogen) atoms. The van der Waals surface area contributed by atoms with Gasteiger partial charge >= 0.3 is 0 Å². The zero-order valence-electron chi connectivity index (χ0n) is 22.2. The van der Waals surface area contributed by atoms with E-state index in [0.29, 0.717) is 36.8 Å². The first-order valence-corrected chi connectivity index (χ1v) is 15.0. The largest absolute Gasteiger partial charge is 0.394 e. The summed E-state index contributed by atoms with van der Waals surface area (Å²) in [5.74, 6) is -1.91. The lowest BCUT2D eigenvalue weighted by Crippen LogP contribution is -2.56. The molecule has 3 amide bonds. The number of thioether (sulfide) groups is 1. The number of para-hydroxylation sites is 1. The second-order valence-electron chi connectivity index (χ2n) is 10.8. The van der Waals surface area contributed by atoms with Crippen molar-refractivity contribution in [3.8, 4) is 0 Å². The molecule has 6 rings (SSSR count). The van der Waals surface area contributed by atoms with Crippen LogP contribution in [-0.4, -0.2) is 74.4 Å². The quantitative estimate of drug-likeness (QED) is 0.527. The van der Waals surface area contributed by atoms with Crippen molar-refractivity contribution in [3.63, 3.8) is 0 Å². The fourth-order valence-corrected chi connectivity index (χ4v) is 9.00. The van der Waals surface area contributed by atoms with Gasteiger partial charge in [-0.1, -0.05) is 85.3 Å². The molecule has 1 unspecified atom stereocenters. The highest BCUT2D eigenvalue weighted by atomic mass is 35.5. The number of fused-ring (bicyclic) bond motifs is 2. The first-order chi connectivity index (χ1) is 19.4. The molecular formula is C31H32ClN3O4S. The molecule has 0 saturated carbocycles. The number of amides is 3. The lowest BCUT2D eigenvalue weighted by Gasteiger charge is -2.38. The normalized spacial score (nSPS) is 30.2. The van der Waals surface area contributed by atoms with Gasteiger partial charge in [0, 0.05) is 24.9 Å². The van der Waals surface area contributed by atoms with Gasteiger partial charge in [0.1, 0.15) is 6.04 Å². The van der Waals surface area contributed by atoms with Crippen LogP contribution in [0.15, 0.2) is 78.9 Å². The lowest BCUT2D eigenvalue weighted by atomic mass is 9.78. The maximum atomic E-state index is 14.5. The van der Waals surface area contributed by atoms with E-state index in [1.165, 1.54) is 0 Å². The summed E-state index contributed by atoms with van der Waals surface area (Å²) in [5.41, 5.74) is 1.59. The molecule has 7 nitrogen and oxygen atoms in total. The number of hydrogen-bond donors (Lipinski definition) is 1. The van der Waals surface area contributed by atoms with E-state index in [1.54, 1.807) is 33.7 Å². The second-order valence-corrected chi connectivity index (χ2v) is 12.7. The highest BCUT2D eigenvalue weighted by molar-refractivity contribution is 8.02. The third-order valence-corrected chi connectivity index (χ3v) is 10.7. The number of benzene rings is 2. The van der Waals surface area contributed by atoms with Crippen molar-refractivity contribution in [1.29, 1.82) is 0 Å². The van der Waals surface area contributed by atoms with E-state index in [9.17, 15) is 19.5 Å². The Balaban J connectivity index is 1.43. The molecular weight excluding hydrogens is 546 g/mol. The Morgan fingerprint density at radius 2 is 1.75 bits per heavy atom. The number of rotatable bonds is 6. The van der Waals surface area contributed by atoms with Gasteiger partial charge in [0.05, 0.1) is 39.9 Å². The molecule has 9 heteroatoms. The van der Waals surface area contributed by atoms with Gasteiger partial charge in [-0.2, -0.15) is 0 Å². The molecule has 2 saturated heterocycles. The Labute approximate surface area is 243 Å². The number of halogens is 1. The summed E-state index contributed by atoms with van der Waals surface area (Å²) in [6.45, 7) is 2.84. The Hall–Kier alpha value is -3.07. The van der Waals surface area contributed by atoms with Crippen molar-refractivity contribution in [2.24, 2.45) is 11.8 Å². The van der Waals surface area contributed by atoms with E-state index in [2.05, 4.69) is 0 Å². The topological polar surface area (TPSA) is 81.2 Å². The molecule has 4 heterocycles. The van der Waals surface area contributed by atoms with Gasteiger partial charge in [-0.25, -0.2) is 0 Å². The van der Waals surface area contributed by atoms with Crippen LogP contribution in [0.25, 0.3) is 0 Å². The molecule has 0 aliphatic carbocycles. The first kappa shape index (κ1) is 27.1. The van der Waals surface area contributed by atoms with Crippen LogP contribution in [0.2, 0.25) is 5.02 Å². The Morgan fingerprint density at radius 1 is 1.00 bits per heavy atom. The SMILES string of the molecule is CC[C@@H](CO)N1C(=O)[C@@H]2[C@@H]3C(=O)N(Cc4ccccc4)CC=C[C@@H]3S[C@@]23C=CCN(c2ccccc2Cl)C(=O)C13. The zero-order chi connectivity index (χ0) is 28.0. The summed E-state index contributed by atoms with van der Waals surface area (Å²) in [4.78, 5) is 48.2. The third kappa shape index (κ3) is 4.19. The summed E-state index contributed by atoms with van der Waals surface area (Å²) in [6, 6.07) is 15.6. The van der Waals surface area contributed by atoms with Gasteiger partial charge in [-0.05, 0) is 24.1 Å². The van der Waals surface area contributed by atoms with Gasteiger partial charge in [0.15, 0.2) is 0 Å². The van der Waals surface area contributed by atoms with Crippen molar-refractivity contribution < 1.29 is 19.5 Å². The van der Waals surface area contributed by atoms with Crippen molar-refractivity contribution in [1.82, 2.24) is 9.80 Å². The number of nitrogens with zero attached hydrogens (tertiary/aromatic N) is 3. The van der Waals surface area contributed by atoms with Gasteiger partial charge in [0.25, 0.3) is 5.91 Å². The molecule has 2 fully saturated rings. The molecule has 1 spiro atoms. The minimum absolute atomic E-state index is 0.0766. The van der Waals surface area contributed by atoms with Gasteiger partial charge in [0.2, 0.25) is 11.8 Å². The van der Waals surface area contributed by atoms with Crippen molar-refractivity contribution >= 4 is 46.8 Å². The van der Waals surface area contributed by atoms with E-state index in [4.69, 9.17) is 11.6 Å². The van der Waals surface area contributed by atoms with Crippen molar-refractivity contribution in [2.45, 2.75) is 42.0 Å². The smallest absolute Gasteiger partial charge is 0.251 e. The summed E-state index contributed by atoms with van der Waals surface area (Å²) in [7, 11) is 0. The average Bonchev–Trinajstić information content (AvgIpc) is 3.28. The molecule has 2 aromatic rings. The third-order valence-electron chi connectivity index (χ3n) is 8.61. The highest BCUT2D eigenvalue weighted by Gasteiger charge is 2.71. The van der Waals surface area contributed by atoms with Crippen LogP contribution in [0.3, 0.4) is 0 Å². The first-order valence-electron chi connectivity index (χ1n) is 13.7. The highest BCUT2D eigenvalue weighted by Crippen LogP contribution is 2.61. The van der Waals surface area contributed by atoms with Crippen LogP contribution >= 0.6 is 23.4 Å². The van der Waals surface area contributed by atoms with Crippen LogP contribution in [0.1, 0.15) is 18.9 Å². The summed E-state index contributed by atoms with van der Waals surface area (Å²) in [6.07, 6.45) is 8.45. The molecule has 0 aromatic heterocycles. The molecule has 0 bridgehead atoms. The fourth-order valence-electron chi connectivity index (χ4n) is 6.77. The molecule has 208 valence electrons. The molecule has 4 aliphatic rings. The summed E-state index contributed by atoms with van der Waals surface area (Å²) in [5, 5.41) is 10.5. The van der Waals surface area contributed by atoms with Crippen LogP contribution < -0.4 is 4.90 Å². The Kier molecular flexibility index (Phi) is 7.27. The molecule has 2 aromatic carbocycles. The van der Waals surface area contributed by atoms with E-state index in [0.717, 1.165) is 5.56 Å². The standard InChI is InChI=1S/C31H32ClN3O4S/c1-2-21(19-36)35-27-30(39)34(23-13-7-6-12-22(23)32)17-9-15-31(27)26(29(35)38)25-24(40-31)14-8-16-33(28(25)37)18-20-10-4-3-5-11-20/h3-15,21,24-27,36H,2,16-19H2,1H3/t21-,24-,25+,26-,27?,31-/m0/s1. The summed E-state index contributed by atoms with van der Waals surface area (Å²) < 4.78 is -0.947. The van der Waals surface area contributed by atoms with Gasteiger partial charge < -0.3 is 19.8 Å². The molecule has 0 radical (unpaired) electrons. The van der Waals surface area contributed by atoms with E-state index in [1.807, 2.05) is 78.6 Å². The minimum Gasteiger partial charge on any atom is -0.394 e. The number of carbonyl (C=O) groups is 3. The fraction of sp³-hybridized carbons (Fsp3) is 0.387. The van der Waals surface area contributed by atoms with Crippen molar-refractivity contribution in [2.75, 3.05) is 24.6 Å². The lowest BCUT2D eigenvalue weighted by molar-refractivity contribution is -0.145. The van der Waals surface area contributed by atoms with Gasteiger partial charge in [-0.15, -0.1) is 11.8 Å². The van der Waals surface area contributed by atoms with Crippen LogP contribution in [0.4, 0.5) is 5.69 Å².